The van der Waals surface area contributed by atoms with Crippen molar-refractivity contribution < 1.29 is 9.53 Å². The van der Waals surface area contributed by atoms with Crippen LogP contribution >= 0.6 is 0 Å². The highest BCUT2D eigenvalue weighted by Crippen LogP contribution is 2.16. The molecule has 0 fully saturated rings. The quantitative estimate of drug-likeness (QED) is 0.760. The van der Waals surface area contributed by atoms with Gasteiger partial charge in [-0.3, -0.25) is 4.79 Å². The van der Waals surface area contributed by atoms with E-state index < -0.39 is 0 Å². The highest BCUT2D eigenvalue weighted by molar-refractivity contribution is 5.94. The van der Waals surface area contributed by atoms with Crippen LogP contribution in [0.3, 0.4) is 0 Å². The predicted molar refractivity (Wildman–Crippen MR) is 89.1 cm³/mol. The van der Waals surface area contributed by atoms with E-state index in [1.54, 1.807) is 13.2 Å². The molecule has 5 nitrogen and oxygen atoms in total. The van der Waals surface area contributed by atoms with Crippen molar-refractivity contribution in [3.05, 3.63) is 65.5 Å². The van der Waals surface area contributed by atoms with Crippen molar-refractivity contribution in [3.63, 3.8) is 0 Å². The molecule has 0 saturated carbocycles. The number of aromatic nitrogens is 2. The standard InChI is InChI=1S/C18H19N3O2/c1-12(17-20-15-8-3-4-9-16(15)21-17)19-18(22)14-7-5-6-13(10-14)11-23-2/h3-10,12H,11H2,1-2H3,(H,19,22)(H,20,21)/t12-/m0/s1. The zero-order valence-electron chi connectivity index (χ0n) is 13.2. The number of hydrogen-bond donors (Lipinski definition) is 2. The Labute approximate surface area is 134 Å². The van der Waals surface area contributed by atoms with Crippen molar-refractivity contribution in [2.45, 2.75) is 19.6 Å². The van der Waals surface area contributed by atoms with Crippen molar-refractivity contribution >= 4 is 16.9 Å². The summed E-state index contributed by atoms with van der Waals surface area (Å²) in [5.41, 5.74) is 3.44. The Hall–Kier alpha value is -2.66. The number of carbonyl (C=O) groups is 1. The van der Waals surface area contributed by atoms with Gasteiger partial charge in [-0.2, -0.15) is 0 Å². The second-order valence-electron chi connectivity index (χ2n) is 5.47. The molecule has 1 aromatic heterocycles. The van der Waals surface area contributed by atoms with Crippen LogP contribution in [-0.4, -0.2) is 23.0 Å². The number of imidazole rings is 1. The monoisotopic (exact) mass is 309 g/mol. The molecule has 5 heteroatoms. The van der Waals surface area contributed by atoms with E-state index in [9.17, 15) is 4.79 Å². The first kappa shape index (κ1) is 15.2. The molecule has 0 radical (unpaired) electrons. The van der Waals surface area contributed by atoms with Gasteiger partial charge in [-0.1, -0.05) is 24.3 Å². The molecule has 0 saturated heterocycles. The van der Waals surface area contributed by atoms with Crippen LogP contribution in [0, 0.1) is 0 Å². The number of nitrogens with zero attached hydrogens (tertiary/aromatic N) is 1. The Bertz CT molecular complexity index is 793. The maximum Gasteiger partial charge on any atom is 0.251 e. The number of methoxy groups -OCH3 is 1. The number of nitrogens with one attached hydrogen (secondary N) is 2. The van der Waals surface area contributed by atoms with Crippen LogP contribution in [0.1, 0.15) is 34.7 Å². The van der Waals surface area contributed by atoms with Crippen molar-refractivity contribution in [1.82, 2.24) is 15.3 Å². The van der Waals surface area contributed by atoms with Crippen molar-refractivity contribution in [1.29, 1.82) is 0 Å². The zero-order chi connectivity index (χ0) is 16.2. The lowest BCUT2D eigenvalue weighted by atomic mass is 10.1. The molecular weight excluding hydrogens is 290 g/mol. The third-order valence-electron chi connectivity index (χ3n) is 3.67. The molecule has 23 heavy (non-hydrogen) atoms. The molecule has 3 rings (SSSR count). The Balaban J connectivity index is 1.75. The number of fused-ring (bicyclic) bond motifs is 1. The molecule has 2 N–H and O–H groups in total. The number of aromatic amines is 1. The molecule has 0 bridgehead atoms. The van der Waals surface area contributed by atoms with Crippen molar-refractivity contribution in [3.8, 4) is 0 Å². The van der Waals surface area contributed by atoms with Gasteiger partial charge in [-0.15, -0.1) is 0 Å². The molecule has 0 spiro atoms. The Morgan fingerprint density at radius 3 is 2.87 bits per heavy atom. The molecule has 1 amide bonds. The van der Waals surface area contributed by atoms with Gasteiger partial charge in [-0.05, 0) is 36.8 Å². The van der Waals surface area contributed by atoms with E-state index in [1.807, 2.05) is 49.4 Å². The lowest BCUT2D eigenvalue weighted by Crippen LogP contribution is -2.27. The fourth-order valence-electron chi connectivity index (χ4n) is 2.49. The zero-order valence-corrected chi connectivity index (χ0v) is 13.2. The van der Waals surface area contributed by atoms with Crippen molar-refractivity contribution in [2.75, 3.05) is 7.11 Å². The maximum atomic E-state index is 12.4. The van der Waals surface area contributed by atoms with E-state index in [-0.39, 0.29) is 11.9 Å². The molecular formula is C18H19N3O2. The minimum absolute atomic E-state index is 0.129. The van der Waals surface area contributed by atoms with E-state index in [4.69, 9.17) is 4.74 Å². The minimum Gasteiger partial charge on any atom is -0.380 e. The van der Waals surface area contributed by atoms with Crippen molar-refractivity contribution in [2.24, 2.45) is 0 Å². The van der Waals surface area contributed by atoms with Gasteiger partial charge >= 0.3 is 0 Å². The number of rotatable bonds is 5. The summed E-state index contributed by atoms with van der Waals surface area (Å²) < 4.78 is 5.10. The van der Waals surface area contributed by atoms with Gasteiger partial charge in [-0.25, -0.2) is 4.98 Å². The first-order valence-corrected chi connectivity index (χ1v) is 7.51. The van der Waals surface area contributed by atoms with Gasteiger partial charge in [0.15, 0.2) is 0 Å². The predicted octanol–water partition coefficient (Wildman–Crippen LogP) is 3.20. The van der Waals surface area contributed by atoms with Gasteiger partial charge in [0.25, 0.3) is 5.91 Å². The fourth-order valence-corrected chi connectivity index (χ4v) is 2.49. The number of carbonyl (C=O) groups excluding carboxylic acids is 1. The van der Waals surface area contributed by atoms with Crippen LogP contribution < -0.4 is 5.32 Å². The smallest absolute Gasteiger partial charge is 0.251 e. The highest BCUT2D eigenvalue weighted by atomic mass is 16.5. The number of H-pyrrole nitrogens is 1. The topological polar surface area (TPSA) is 67.0 Å². The van der Waals surface area contributed by atoms with E-state index in [0.717, 1.165) is 22.4 Å². The lowest BCUT2D eigenvalue weighted by Gasteiger charge is -2.12. The minimum atomic E-state index is -0.207. The Morgan fingerprint density at radius 2 is 2.09 bits per heavy atom. The molecule has 2 aromatic carbocycles. The Morgan fingerprint density at radius 1 is 1.26 bits per heavy atom. The average Bonchev–Trinajstić information content (AvgIpc) is 2.99. The van der Waals surface area contributed by atoms with Crippen LogP contribution in [0.5, 0.6) is 0 Å². The summed E-state index contributed by atoms with van der Waals surface area (Å²) in [7, 11) is 1.64. The normalized spacial score (nSPS) is 12.3. The number of benzene rings is 2. The molecule has 118 valence electrons. The first-order valence-electron chi connectivity index (χ1n) is 7.51. The van der Waals surface area contributed by atoms with Gasteiger partial charge in [0.1, 0.15) is 5.82 Å². The van der Waals surface area contributed by atoms with Gasteiger partial charge in [0.2, 0.25) is 0 Å². The highest BCUT2D eigenvalue weighted by Gasteiger charge is 2.15. The number of para-hydroxylation sites is 2. The fraction of sp³-hybridized carbons (Fsp3) is 0.222. The summed E-state index contributed by atoms with van der Waals surface area (Å²) in [5, 5.41) is 2.97. The first-order chi connectivity index (χ1) is 11.2. The Kier molecular flexibility index (Phi) is 4.39. The van der Waals surface area contributed by atoms with E-state index in [2.05, 4.69) is 15.3 Å². The summed E-state index contributed by atoms with van der Waals surface area (Å²) in [6.45, 7) is 2.40. The molecule has 0 aliphatic carbocycles. The number of amides is 1. The molecule has 0 aliphatic heterocycles. The summed E-state index contributed by atoms with van der Waals surface area (Å²) in [5.74, 6) is 0.614. The molecule has 0 aliphatic rings. The summed E-state index contributed by atoms with van der Waals surface area (Å²) in [6.07, 6.45) is 0. The van der Waals surface area contributed by atoms with Crippen LogP contribution in [0.25, 0.3) is 11.0 Å². The SMILES string of the molecule is COCc1cccc(C(=O)N[C@@H](C)c2nc3ccccc3[nH]2)c1. The van der Waals surface area contributed by atoms with Crippen LogP contribution in [0.15, 0.2) is 48.5 Å². The van der Waals surface area contributed by atoms with Crippen LogP contribution in [-0.2, 0) is 11.3 Å². The lowest BCUT2D eigenvalue weighted by molar-refractivity contribution is 0.0938. The van der Waals surface area contributed by atoms with Crippen LogP contribution in [0.2, 0.25) is 0 Å². The molecule has 1 atom stereocenters. The maximum absolute atomic E-state index is 12.4. The second-order valence-corrected chi connectivity index (χ2v) is 5.47. The van der Waals surface area contributed by atoms with Gasteiger partial charge in [0.05, 0.1) is 23.7 Å². The number of hydrogen-bond acceptors (Lipinski definition) is 3. The molecule has 0 unspecified atom stereocenters. The summed E-state index contributed by atoms with van der Waals surface area (Å²) in [6, 6.07) is 15.0. The summed E-state index contributed by atoms with van der Waals surface area (Å²) >= 11 is 0. The van der Waals surface area contributed by atoms with E-state index >= 15 is 0 Å². The van der Waals surface area contributed by atoms with Crippen LogP contribution in [0.4, 0.5) is 0 Å². The molecule has 3 aromatic rings. The van der Waals surface area contributed by atoms with E-state index in [1.165, 1.54) is 0 Å². The second kappa shape index (κ2) is 6.62. The van der Waals surface area contributed by atoms with E-state index in [0.29, 0.717) is 12.2 Å². The summed E-state index contributed by atoms with van der Waals surface area (Å²) in [4.78, 5) is 20.2. The number of ether oxygens (including phenoxy) is 1. The largest absolute Gasteiger partial charge is 0.380 e. The average molecular weight is 309 g/mol. The third-order valence-corrected chi connectivity index (χ3v) is 3.67. The third kappa shape index (κ3) is 3.40. The molecule has 1 heterocycles. The van der Waals surface area contributed by atoms with Gasteiger partial charge in [0, 0.05) is 12.7 Å². The van der Waals surface area contributed by atoms with Gasteiger partial charge < -0.3 is 15.0 Å².